The van der Waals surface area contributed by atoms with Gasteiger partial charge in [0.2, 0.25) is 5.91 Å². The summed E-state index contributed by atoms with van der Waals surface area (Å²) in [6.07, 6.45) is 4.47. The van der Waals surface area contributed by atoms with Gasteiger partial charge in [-0.05, 0) is 13.3 Å². The van der Waals surface area contributed by atoms with Crippen LogP contribution >= 0.6 is 0 Å². The Morgan fingerprint density at radius 3 is 3.14 bits per heavy atom. The molecule has 1 unspecified atom stereocenters. The molecule has 4 N–H and O–H groups in total. The van der Waals surface area contributed by atoms with E-state index in [2.05, 4.69) is 15.3 Å². The number of imidazole rings is 1. The lowest BCUT2D eigenvalue weighted by atomic mass is 10.2. The van der Waals surface area contributed by atoms with Gasteiger partial charge >= 0.3 is 0 Å². The number of hydrogen-bond acceptors (Lipinski definition) is 3. The molecule has 0 fully saturated rings. The van der Waals surface area contributed by atoms with E-state index < -0.39 is 0 Å². The van der Waals surface area contributed by atoms with E-state index in [9.17, 15) is 4.79 Å². The highest BCUT2D eigenvalue weighted by molar-refractivity contribution is 5.75. The molecule has 0 aliphatic carbocycles. The Morgan fingerprint density at radius 2 is 2.57 bits per heavy atom. The maximum Gasteiger partial charge on any atom is 0.220 e. The van der Waals surface area contributed by atoms with E-state index in [1.165, 1.54) is 0 Å². The number of nitrogens with two attached hydrogens (primary N) is 1. The number of amides is 1. The molecular weight excluding hydrogens is 180 g/mol. The van der Waals surface area contributed by atoms with Gasteiger partial charge in [0.05, 0.1) is 18.6 Å². The highest BCUT2D eigenvalue weighted by Crippen LogP contribution is 1.94. The monoisotopic (exact) mass is 196 g/mol. The molecule has 1 aromatic heterocycles. The number of hydrogen-bond donors (Lipinski definition) is 3. The van der Waals surface area contributed by atoms with Crippen LogP contribution in [-0.2, 0) is 11.3 Å². The van der Waals surface area contributed by atoms with Crippen LogP contribution in [0.3, 0.4) is 0 Å². The highest BCUT2D eigenvalue weighted by atomic mass is 16.1. The number of aromatic amines is 1. The van der Waals surface area contributed by atoms with Crippen molar-refractivity contribution in [1.82, 2.24) is 15.3 Å². The smallest absolute Gasteiger partial charge is 0.220 e. The van der Waals surface area contributed by atoms with E-state index in [0.717, 1.165) is 12.1 Å². The Morgan fingerprint density at radius 1 is 1.79 bits per heavy atom. The summed E-state index contributed by atoms with van der Waals surface area (Å²) in [5.41, 5.74) is 6.44. The van der Waals surface area contributed by atoms with Gasteiger partial charge in [0.15, 0.2) is 0 Å². The fourth-order valence-electron chi connectivity index (χ4n) is 1.02. The van der Waals surface area contributed by atoms with Crippen LogP contribution in [0.1, 0.15) is 25.5 Å². The summed E-state index contributed by atoms with van der Waals surface area (Å²) in [5, 5.41) is 2.77. The number of carbonyl (C=O) groups is 1. The number of H-pyrrole nitrogens is 1. The normalized spacial score (nSPS) is 12.4. The van der Waals surface area contributed by atoms with Gasteiger partial charge in [-0.15, -0.1) is 0 Å². The fourth-order valence-corrected chi connectivity index (χ4v) is 1.02. The molecular formula is C9H16N4O. The molecule has 0 aromatic carbocycles. The molecule has 0 radical (unpaired) electrons. The predicted octanol–water partition coefficient (Wildman–Crippen LogP) is 0.153. The Bertz CT molecular complexity index is 268. The van der Waals surface area contributed by atoms with Crippen molar-refractivity contribution in [3.63, 3.8) is 0 Å². The maximum absolute atomic E-state index is 11.2. The second-order valence-corrected chi connectivity index (χ2v) is 3.37. The number of nitrogens with zero attached hydrogens (tertiary/aromatic N) is 1. The Labute approximate surface area is 83.1 Å². The maximum atomic E-state index is 11.2. The quantitative estimate of drug-likeness (QED) is 0.627. The van der Waals surface area contributed by atoms with Gasteiger partial charge in [0.25, 0.3) is 0 Å². The number of nitrogens with one attached hydrogen (secondary N) is 2. The van der Waals surface area contributed by atoms with Crippen molar-refractivity contribution in [2.45, 2.75) is 32.4 Å². The Balaban J connectivity index is 2.15. The van der Waals surface area contributed by atoms with Crippen molar-refractivity contribution in [2.24, 2.45) is 5.73 Å². The molecule has 0 saturated heterocycles. The molecule has 1 atom stereocenters. The largest absolute Gasteiger partial charge is 0.350 e. The van der Waals surface area contributed by atoms with Crippen LogP contribution in [0.2, 0.25) is 0 Å². The first-order valence-corrected chi connectivity index (χ1v) is 4.68. The molecule has 0 aliphatic rings. The highest BCUT2D eigenvalue weighted by Gasteiger charge is 2.03. The van der Waals surface area contributed by atoms with E-state index in [1.54, 1.807) is 12.5 Å². The van der Waals surface area contributed by atoms with Gasteiger partial charge in [0, 0.05) is 18.7 Å². The first kappa shape index (κ1) is 10.7. The van der Waals surface area contributed by atoms with E-state index in [4.69, 9.17) is 5.73 Å². The lowest BCUT2D eigenvalue weighted by Gasteiger charge is -2.05. The topological polar surface area (TPSA) is 83.8 Å². The van der Waals surface area contributed by atoms with Crippen molar-refractivity contribution < 1.29 is 4.79 Å². The first-order valence-electron chi connectivity index (χ1n) is 4.68. The van der Waals surface area contributed by atoms with Crippen LogP contribution in [-0.4, -0.2) is 21.9 Å². The number of aromatic nitrogens is 2. The van der Waals surface area contributed by atoms with E-state index >= 15 is 0 Å². The van der Waals surface area contributed by atoms with Crippen LogP contribution in [0.25, 0.3) is 0 Å². The van der Waals surface area contributed by atoms with Crippen LogP contribution in [0, 0.1) is 0 Å². The molecule has 5 heteroatoms. The summed E-state index contributed by atoms with van der Waals surface area (Å²) < 4.78 is 0. The van der Waals surface area contributed by atoms with E-state index in [-0.39, 0.29) is 11.9 Å². The Kier molecular flexibility index (Phi) is 4.12. The lowest BCUT2D eigenvalue weighted by molar-refractivity contribution is -0.121. The summed E-state index contributed by atoms with van der Waals surface area (Å²) in [4.78, 5) is 18.0. The third-order valence-electron chi connectivity index (χ3n) is 1.86. The third kappa shape index (κ3) is 4.04. The zero-order chi connectivity index (χ0) is 10.4. The molecule has 5 nitrogen and oxygen atoms in total. The summed E-state index contributed by atoms with van der Waals surface area (Å²) in [6, 6.07) is 0.0768. The Hall–Kier alpha value is -1.36. The van der Waals surface area contributed by atoms with Crippen molar-refractivity contribution in [3.8, 4) is 0 Å². The van der Waals surface area contributed by atoms with Gasteiger partial charge in [0.1, 0.15) is 0 Å². The lowest BCUT2D eigenvalue weighted by Crippen LogP contribution is -2.25. The van der Waals surface area contributed by atoms with Crippen LogP contribution in [0.4, 0.5) is 0 Å². The minimum Gasteiger partial charge on any atom is -0.350 e. The molecule has 0 saturated carbocycles. The molecule has 1 heterocycles. The van der Waals surface area contributed by atoms with Gasteiger partial charge in [-0.3, -0.25) is 4.79 Å². The van der Waals surface area contributed by atoms with E-state index in [0.29, 0.717) is 13.0 Å². The molecule has 78 valence electrons. The SMILES string of the molecule is CC(N)CCC(=O)NCc1cnc[nH]1. The molecule has 14 heavy (non-hydrogen) atoms. The fraction of sp³-hybridized carbons (Fsp3) is 0.556. The average Bonchev–Trinajstić information content (AvgIpc) is 2.63. The zero-order valence-electron chi connectivity index (χ0n) is 8.29. The van der Waals surface area contributed by atoms with Gasteiger partial charge in [-0.1, -0.05) is 0 Å². The molecule has 1 rings (SSSR count). The molecule has 0 aliphatic heterocycles. The number of carbonyl (C=O) groups excluding carboxylic acids is 1. The summed E-state index contributed by atoms with van der Waals surface area (Å²) in [6.45, 7) is 2.39. The van der Waals surface area contributed by atoms with Gasteiger partial charge in [-0.25, -0.2) is 4.98 Å². The average molecular weight is 196 g/mol. The second kappa shape index (κ2) is 5.39. The summed E-state index contributed by atoms with van der Waals surface area (Å²) in [7, 11) is 0. The van der Waals surface area contributed by atoms with Crippen molar-refractivity contribution >= 4 is 5.91 Å². The van der Waals surface area contributed by atoms with Gasteiger partial charge in [-0.2, -0.15) is 0 Å². The molecule has 1 aromatic rings. The first-order chi connectivity index (χ1) is 6.68. The van der Waals surface area contributed by atoms with E-state index in [1.807, 2.05) is 6.92 Å². The van der Waals surface area contributed by atoms with Crippen molar-refractivity contribution in [3.05, 3.63) is 18.2 Å². The van der Waals surface area contributed by atoms with Gasteiger partial charge < -0.3 is 16.0 Å². The third-order valence-corrected chi connectivity index (χ3v) is 1.86. The summed E-state index contributed by atoms with van der Waals surface area (Å²) in [5.74, 6) is 0.0249. The predicted molar refractivity (Wildman–Crippen MR) is 53.3 cm³/mol. The summed E-state index contributed by atoms with van der Waals surface area (Å²) >= 11 is 0. The zero-order valence-corrected chi connectivity index (χ0v) is 8.29. The van der Waals surface area contributed by atoms with Crippen LogP contribution in [0.15, 0.2) is 12.5 Å². The minimum absolute atomic E-state index is 0.0249. The molecule has 1 amide bonds. The van der Waals surface area contributed by atoms with Crippen molar-refractivity contribution in [1.29, 1.82) is 0 Å². The van der Waals surface area contributed by atoms with Crippen LogP contribution < -0.4 is 11.1 Å². The minimum atomic E-state index is 0.0249. The standard InChI is InChI=1S/C9H16N4O/c1-7(10)2-3-9(14)12-5-8-4-11-6-13-8/h4,6-7H,2-3,5,10H2,1H3,(H,11,13)(H,12,14). The van der Waals surface area contributed by atoms with Crippen LogP contribution in [0.5, 0.6) is 0 Å². The van der Waals surface area contributed by atoms with Crippen molar-refractivity contribution in [2.75, 3.05) is 0 Å². The number of rotatable bonds is 5. The molecule has 0 spiro atoms. The second-order valence-electron chi connectivity index (χ2n) is 3.37. The molecule has 0 bridgehead atoms.